The highest BCUT2D eigenvalue weighted by atomic mass is 35.5. The minimum absolute atomic E-state index is 0.629. The molecule has 0 amide bonds. The first-order valence-electron chi connectivity index (χ1n) is 4.92. The van der Waals surface area contributed by atoms with Crippen LogP contribution in [0.4, 0.5) is 5.69 Å². The molecule has 15 heavy (non-hydrogen) atoms. The van der Waals surface area contributed by atoms with Crippen LogP contribution in [0.25, 0.3) is 0 Å². The van der Waals surface area contributed by atoms with Gasteiger partial charge in [-0.05, 0) is 32.6 Å². The van der Waals surface area contributed by atoms with Crippen molar-refractivity contribution in [3.05, 3.63) is 23.2 Å². The normalized spacial score (nSPS) is 10.7. The van der Waals surface area contributed by atoms with Gasteiger partial charge in [0.05, 0.1) is 12.3 Å². The molecule has 0 spiro atoms. The van der Waals surface area contributed by atoms with Gasteiger partial charge < -0.3 is 15.4 Å². The second-order valence-electron chi connectivity index (χ2n) is 3.69. The molecule has 0 bridgehead atoms. The number of anilines is 1. The number of rotatable bonds is 5. The van der Waals surface area contributed by atoms with Crippen LogP contribution in [0.3, 0.4) is 0 Å². The van der Waals surface area contributed by atoms with Crippen LogP contribution in [0.5, 0.6) is 5.75 Å². The Labute approximate surface area is 95.8 Å². The molecule has 0 saturated heterocycles. The van der Waals surface area contributed by atoms with Crippen molar-refractivity contribution in [1.29, 1.82) is 0 Å². The molecular weight excluding hydrogens is 212 g/mol. The highest BCUT2D eigenvalue weighted by Gasteiger charge is 2.01. The van der Waals surface area contributed by atoms with Gasteiger partial charge >= 0.3 is 0 Å². The molecule has 0 aromatic heterocycles. The molecule has 0 aliphatic heterocycles. The van der Waals surface area contributed by atoms with E-state index < -0.39 is 0 Å². The van der Waals surface area contributed by atoms with Crippen LogP contribution in [-0.2, 0) is 0 Å². The number of benzene rings is 1. The lowest BCUT2D eigenvalue weighted by atomic mass is 10.3. The SMILES string of the molecule is CN(C)CCCOc1cc(Cl)ccc1N. The van der Waals surface area contributed by atoms with Crippen LogP contribution >= 0.6 is 11.6 Å². The fourth-order valence-electron chi connectivity index (χ4n) is 1.20. The van der Waals surface area contributed by atoms with Crippen LogP contribution in [0.1, 0.15) is 6.42 Å². The zero-order valence-corrected chi connectivity index (χ0v) is 9.92. The van der Waals surface area contributed by atoms with Crippen molar-refractivity contribution < 1.29 is 4.74 Å². The van der Waals surface area contributed by atoms with Crippen molar-refractivity contribution in [2.24, 2.45) is 0 Å². The van der Waals surface area contributed by atoms with E-state index in [0.29, 0.717) is 23.1 Å². The highest BCUT2D eigenvalue weighted by Crippen LogP contribution is 2.25. The zero-order chi connectivity index (χ0) is 11.3. The molecule has 3 nitrogen and oxygen atoms in total. The van der Waals surface area contributed by atoms with E-state index in [-0.39, 0.29) is 0 Å². The maximum atomic E-state index is 5.84. The van der Waals surface area contributed by atoms with Gasteiger partial charge in [-0.1, -0.05) is 11.6 Å². The van der Waals surface area contributed by atoms with Gasteiger partial charge in [0.15, 0.2) is 0 Å². The minimum atomic E-state index is 0.629. The quantitative estimate of drug-likeness (QED) is 0.621. The monoisotopic (exact) mass is 228 g/mol. The average molecular weight is 229 g/mol. The van der Waals surface area contributed by atoms with Crippen LogP contribution in [0, 0.1) is 0 Å². The van der Waals surface area contributed by atoms with Gasteiger partial charge in [-0.3, -0.25) is 0 Å². The third-order valence-electron chi connectivity index (χ3n) is 1.98. The molecule has 1 aromatic carbocycles. The Bertz CT molecular complexity index is 315. The predicted molar refractivity (Wildman–Crippen MR) is 64.5 cm³/mol. The number of nitrogens with zero attached hydrogens (tertiary/aromatic N) is 1. The predicted octanol–water partition coefficient (Wildman–Crippen LogP) is 2.25. The molecule has 1 rings (SSSR count). The van der Waals surface area contributed by atoms with Gasteiger partial charge in [-0.2, -0.15) is 0 Å². The molecule has 4 heteroatoms. The van der Waals surface area contributed by atoms with E-state index in [0.717, 1.165) is 13.0 Å². The van der Waals surface area contributed by atoms with Crippen molar-refractivity contribution in [2.75, 3.05) is 33.0 Å². The lowest BCUT2D eigenvalue weighted by molar-refractivity contribution is 0.283. The average Bonchev–Trinajstić information content (AvgIpc) is 2.17. The van der Waals surface area contributed by atoms with E-state index in [1.54, 1.807) is 18.2 Å². The molecule has 0 unspecified atom stereocenters. The fraction of sp³-hybridized carbons (Fsp3) is 0.455. The van der Waals surface area contributed by atoms with Crippen molar-refractivity contribution >= 4 is 17.3 Å². The number of halogens is 1. The molecule has 0 saturated carbocycles. The summed E-state index contributed by atoms with van der Waals surface area (Å²) < 4.78 is 5.53. The largest absolute Gasteiger partial charge is 0.491 e. The number of ether oxygens (including phenoxy) is 1. The van der Waals surface area contributed by atoms with E-state index in [2.05, 4.69) is 4.90 Å². The summed E-state index contributed by atoms with van der Waals surface area (Å²) in [6.07, 6.45) is 0.971. The smallest absolute Gasteiger partial charge is 0.143 e. The molecular formula is C11H17ClN2O. The molecule has 1 aromatic rings. The van der Waals surface area contributed by atoms with Crippen LogP contribution in [0.2, 0.25) is 5.02 Å². The number of hydrogen-bond donors (Lipinski definition) is 1. The first kappa shape index (κ1) is 12.1. The second kappa shape index (κ2) is 5.83. The summed E-state index contributed by atoms with van der Waals surface area (Å²) in [5, 5.41) is 0.645. The van der Waals surface area contributed by atoms with Gasteiger partial charge in [0.2, 0.25) is 0 Å². The summed E-state index contributed by atoms with van der Waals surface area (Å²) >= 11 is 5.84. The zero-order valence-electron chi connectivity index (χ0n) is 9.16. The highest BCUT2D eigenvalue weighted by molar-refractivity contribution is 6.30. The van der Waals surface area contributed by atoms with Crippen LogP contribution in [0.15, 0.2) is 18.2 Å². The topological polar surface area (TPSA) is 38.5 Å². The van der Waals surface area contributed by atoms with Gasteiger partial charge in [0, 0.05) is 17.6 Å². The van der Waals surface area contributed by atoms with E-state index in [1.807, 2.05) is 14.1 Å². The molecule has 0 heterocycles. The number of hydrogen-bond acceptors (Lipinski definition) is 3. The van der Waals surface area contributed by atoms with Gasteiger partial charge in [0.1, 0.15) is 5.75 Å². The summed E-state index contributed by atoms with van der Waals surface area (Å²) in [6.45, 7) is 1.66. The summed E-state index contributed by atoms with van der Waals surface area (Å²) in [5.74, 6) is 0.668. The second-order valence-corrected chi connectivity index (χ2v) is 4.12. The molecule has 0 aliphatic rings. The molecule has 0 atom stereocenters. The Morgan fingerprint density at radius 1 is 1.40 bits per heavy atom. The Morgan fingerprint density at radius 3 is 2.80 bits per heavy atom. The van der Waals surface area contributed by atoms with Crippen molar-refractivity contribution in [1.82, 2.24) is 4.90 Å². The van der Waals surface area contributed by atoms with Gasteiger partial charge in [-0.15, -0.1) is 0 Å². The maximum Gasteiger partial charge on any atom is 0.143 e. The molecule has 0 radical (unpaired) electrons. The molecule has 0 aliphatic carbocycles. The van der Waals surface area contributed by atoms with Gasteiger partial charge in [0.25, 0.3) is 0 Å². The van der Waals surface area contributed by atoms with Crippen molar-refractivity contribution in [3.63, 3.8) is 0 Å². The van der Waals surface area contributed by atoms with E-state index in [4.69, 9.17) is 22.1 Å². The molecule has 2 N–H and O–H groups in total. The van der Waals surface area contributed by atoms with Gasteiger partial charge in [-0.25, -0.2) is 0 Å². The van der Waals surface area contributed by atoms with Crippen molar-refractivity contribution in [2.45, 2.75) is 6.42 Å². The van der Waals surface area contributed by atoms with E-state index >= 15 is 0 Å². The number of nitrogen functional groups attached to an aromatic ring is 1. The summed E-state index contributed by atoms with van der Waals surface area (Å²) in [7, 11) is 4.07. The fourth-order valence-corrected chi connectivity index (χ4v) is 1.36. The van der Waals surface area contributed by atoms with Crippen LogP contribution < -0.4 is 10.5 Å². The standard InChI is InChI=1S/C11H17ClN2O/c1-14(2)6-3-7-15-11-8-9(12)4-5-10(11)13/h4-5,8H,3,6-7,13H2,1-2H3. The Balaban J connectivity index is 2.40. The summed E-state index contributed by atoms with van der Waals surface area (Å²) in [5.41, 5.74) is 6.37. The first-order valence-corrected chi connectivity index (χ1v) is 5.30. The Kier molecular flexibility index (Phi) is 4.72. The first-order chi connectivity index (χ1) is 7.09. The summed E-state index contributed by atoms with van der Waals surface area (Å²) in [6, 6.07) is 5.25. The lowest BCUT2D eigenvalue weighted by Crippen LogP contribution is -2.15. The maximum absolute atomic E-state index is 5.84. The van der Waals surface area contributed by atoms with E-state index in [9.17, 15) is 0 Å². The Hall–Kier alpha value is -0.930. The lowest BCUT2D eigenvalue weighted by Gasteiger charge is -2.11. The van der Waals surface area contributed by atoms with Crippen molar-refractivity contribution in [3.8, 4) is 5.75 Å². The number of nitrogens with two attached hydrogens (primary N) is 1. The van der Waals surface area contributed by atoms with E-state index in [1.165, 1.54) is 0 Å². The van der Waals surface area contributed by atoms with Crippen LogP contribution in [-0.4, -0.2) is 32.1 Å². The third kappa shape index (κ3) is 4.40. The minimum Gasteiger partial charge on any atom is -0.491 e. The molecule has 84 valence electrons. The Morgan fingerprint density at radius 2 is 2.13 bits per heavy atom. The summed E-state index contributed by atoms with van der Waals surface area (Å²) in [4.78, 5) is 2.12. The molecule has 0 fully saturated rings. The third-order valence-corrected chi connectivity index (χ3v) is 2.22.